The first-order chi connectivity index (χ1) is 6.75. The Morgan fingerprint density at radius 3 is 2.79 bits per heavy atom. The third-order valence-corrected chi connectivity index (χ3v) is 2.33. The lowest BCUT2D eigenvalue weighted by Crippen LogP contribution is -2.25. The van der Waals surface area contributed by atoms with Crippen molar-refractivity contribution in [2.24, 2.45) is 0 Å². The summed E-state index contributed by atoms with van der Waals surface area (Å²) in [5.74, 6) is 0.804. The molecule has 3 heteroatoms. The second kappa shape index (κ2) is 5.70. The molecular weight excluding hydrogens is 194 g/mol. The third kappa shape index (κ3) is 3.07. The summed E-state index contributed by atoms with van der Waals surface area (Å²) in [6.07, 6.45) is 0.904. The molecule has 0 radical (unpaired) electrons. The quantitative estimate of drug-likeness (QED) is 0.576. The molecule has 76 valence electrons. The van der Waals surface area contributed by atoms with Gasteiger partial charge in [0.05, 0.1) is 0 Å². The van der Waals surface area contributed by atoms with Gasteiger partial charge in [-0.1, -0.05) is 18.2 Å². The summed E-state index contributed by atoms with van der Waals surface area (Å²) in [6.45, 7) is 2.63. The normalized spacial score (nSPS) is 9.86. The maximum absolute atomic E-state index is 11.6. The highest BCUT2D eigenvalue weighted by Gasteiger charge is 2.05. The number of carbonyl (C=O) groups excluding carboxylic acids is 1. The van der Waals surface area contributed by atoms with Crippen LogP contribution in [0.5, 0.6) is 0 Å². The van der Waals surface area contributed by atoms with Gasteiger partial charge in [0.15, 0.2) is 0 Å². The van der Waals surface area contributed by atoms with Crippen LogP contribution in [0, 0.1) is 6.92 Å². The monoisotopic (exact) mass is 209 g/mol. The fourth-order valence-corrected chi connectivity index (χ4v) is 1.36. The zero-order valence-corrected chi connectivity index (χ0v) is 9.18. The maximum atomic E-state index is 11.6. The third-order valence-electron chi connectivity index (χ3n) is 2.01. The minimum Gasteiger partial charge on any atom is -0.352 e. The number of thiol groups is 1. The zero-order chi connectivity index (χ0) is 10.4. The molecule has 0 saturated heterocycles. The summed E-state index contributed by atoms with van der Waals surface area (Å²) < 4.78 is 0. The van der Waals surface area contributed by atoms with Crippen molar-refractivity contribution < 1.29 is 4.79 Å². The van der Waals surface area contributed by atoms with Crippen LogP contribution in [-0.4, -0.2) is 18.2 Å². The van der Waals surface area contributed by atoms with Crippen LogP contribution in [-0.2, 0) is 0 Å². The molecular formula is C11H15NOS. The molecule has 0 heterocycles. The maximum Gasteiger partial charge on any atom is 0.251 e. The Kier molecular flexibility index (Phi) is 4.53. The van der Waals surface area contributed by atoms with Crippen LogP contribution in [0.4, 0.5) is 0 Å². The molecule has 0 bridgehead atoms. The van der Waals surface area contributed by atoms with Crippen LogP contribution in [0.25, 0.3) is 0 Å². The molecule has 0 fully saturated rings. The van der Waals surface area contributed by atoms with Crippen LogP contribution in [0.15, 0.2) is 24.3 Å². The second-order valence-electron chi connectivity index (χ2n) is 3.15. The molecule has 0 aliphatic carbocycles. The molecule has 0 unspecified atom stereocenters. The highest BCUT2D eigenvalue weighted by molar-refractivity contribution is 7.80. The molecule has 0 saturated carbocycles. The Labute approximate surface area is 90.1 Å². The molecule has 0 aliphatic heterocycles. The Bertz CT molecular complexity index is 312. The van der Waals surface area contributed by atoms with E-state index < -0.39 is 0 Å². The van der Waals surface area contributed by atoms with Crippen molar-refractivity contribution >= 4 is 18.5 Å². The van der Waals surface area contributed by atoms with Crippen LogP contribution < -0.4 is 5.32 Å². The standard InChI is InChI=1S/C11H15NOS/c1-9-5-2-3-6-10(9)11(13)12-7-4-8-14/h2-3,5-6,14H,4,7-8H2,1H3,(H,12,13). The lowest BCUT2D eigenvalue weighted by molar-refractivity contribution is 0.0953. The van der Waals surface area contributed by atoms with E-state index in [9.17, 15) is 4.79 Å². The van der Waals surface area contributed by atoms with Crippen LogP contribution in [0.2, 0.25) is 0 Å². The van der Waals surface area contributed by atoms with Crippen molar-refractivity contribution in [3.05, 3.63) is 35.4 Å². The van der Waals surface area contributed by atoms with Crippen molar-refractivity contribution in [2.75, 3.05) is 12.3 Å². The zero-order valence-electron chi connectivity index (χ0n) is 8.29. The number of carbonyl (C=O) groups is 1. The fraction of sp³-hybridized carbons (Fsp3) is 0.364. The summed E-state index contributed by atoms with van der Waals surface area (Å²) in [7, 11) is 0. The average Bonchev–Trinajstić information content (AvgIpc) is 2.18. The van der Waals surface area contributed by atoms with Gasteiger partial charge in [0, 0.05) is 12.1 Å². The highest BCUT2D eigenvalue weighted by Crippen LogP contribution is 2.06. The van der Waals surface area contributed by atoms with Gasteiger partial charge in [0.1, 0.15) is 0 Å². The molecule has 2 nitrogen and oxygen atoms in total. The van der Waals surface area contributed by atoms with Gasteiger partial charge in [-0.25, -0.2) is 0 Å². The molecule has 1 aromatic carbocycles. The van der Waals surface area contributed by atoms with E-state index in [1.54, 1.807) is 0 Å². The summed E-state index contributed by atoms with van der Waals surface area (Å²) >= 11 is 4.08. The van der Waals surface area contributed by atoms with Gasteiger partial charge in [-0.2, -0.15) is 12.6 Å². The molecule has 14 heavy (non-hydrogen) atoms. The number of hydrogen-bond acceptors (Lipinski definition) is 2. The first kappa shape index (κ1) is 11.1. The first-order valence-electron chi connectivity index (χ1n) is 4.70. The van der Waals surface area contributed by atoms with Gasteiger partial charge >= 0.3 is 0 Å². The number of amides is 1. The van der Waals surface area contributed by atoms with Gasteiger partial charge < -0.3 is 5.32 Å². The summed E-state index contributed by atoms with van der Waals surface area (Å²) in [5.41, 5.74) is 1.77. The highest BCUT2D eigenvalue weighted by atomic mass is 32.1. The lowest BCUT2D eigenvalue weighted by atomic mass is 10.1. The largest absolute Gasteiger partial charge is 0.352 e. The average molecular weight is 209 g/mol. The second-order valence-corrected chi connectivity index (χ2v) is 3.60. The smallest absolute Gasteiger partial charge is 0.251 e. The van der Waals surface area contributed by atoms with E-state index in [4.69, 9.17) is 0 Å². The van der Waals surface area contributed by atoms with Crippen LogP contribution >= 0.6 is 12.6 Å². The SMILES string of the molecule is Cc1ccccc1C(=O)NCCCS. The van der Waals surface area contributed by atoms with Gasteiger partial charge in [-0.3, -0.25) is 4.79 Å². The summed E-state index contributed by atoms with van der Waals surface area (Å²) in [5, 5.41) is 2.85. The van der Waals surface area contributed by atoms with Gasteiger partial charge in [0.2, 0.25) is 0 Å². The van der Waals surface area contributed by atoms with Crippen LogP contribution in [0.1, 0.15) is 22.3 Å². The number of hydrogen-bond donors (Lipinski definition) is 2. The summed E-state index contributed by atoms with van der Waals surface area (Å²) in [4.78, 5) is 11.6. The van der Waals surface area contributed by atoms with E-state index in [0.717, 1.165) is 23.3 Å². The topological polar surface area (TPSA) is 29.1 Å². The van der Waals surface area contributed by atoms with Crippen molar-refractivity contribution in [2.45, 2.75) is 13.3 Å². The van der Waals surface area contributed by atoms with E-state index in [1.807, 2.05) is 31.2 Å². The van der Waals surface area contributed by atoms with Crippen molar-refractivity contribution in [3.63, 3.8) is 0 Å². The molecule has 1 amide bonds. The number of nitrogens with one attached hydrogen (secondary N) is 1. The Balaban J connectivity index is 2.56. The van der Waals surface area contributed by atoms with E-state index in [1.165, 1.54) is 0 Å². The Morgan fingerprint density at radius 2 is 2.14 bits per heavy atom. The van der Waals surface area contributed by atoms with Crippen LogP contribution in [0.3, 0.4) is 0 Å². The molecule has 0 spiro atoms. The Hall–Kier alpha value is -0.960. The van der Waals surface area contributed by atoms with E-state index in [-0.39, 0.29) is 5.91 Å². The van der Waals surface area contributed by atoms with Gasteiger partial charge in [-0.15, -0.1) is 0 Å². The van der Waals surface area contributed by atoms with E-state index in [0.29, 0.717) is 6.54 Å². The molecule has 0 atom stereocenters. The first-order valence-corrected chi connectivity index (χ1v) is 5.33. The predicted molar refractivity (Wildman–Crippen MR) is 62.0 cm³/mol. The fourth-order valence-electron chi connectivity index (χ4n) is 1.20. The van der Waals surface area contributed by atoms with Crippen molar-refractivity contribution in [1.82, 2.24) is 5.32 Å². The van der Waals surface area contributed by atoms with Crippen molar-refractivity contribution in [3.8, 4) is 0 Å². The van der Waals surface area contributed by atoms with Gasteiger partial charge in [-0.05, 0) is 30.7 Å². The number of rotatable bonds is 4. The minimum absolute atomic E-state index is 0.00452. The van der Waals surface area contributed by atoms with Gasteiger partial charge in [0.25, 0.3) is 5.91 Å². The molecule has 0 aromatic heterocycles. The van der Waals surface area contributed by atoms with E-state index >= 15 is 0 Å². The molecule has 1 N–H and O–H groups in total. The molecule has 1 aromatic rings. The molecule has 1 rings (SSSR count). The van der Waals surface area contributed by atoms with E-state index in [2.05, 4.69) is 17.9 Å². The predicted octanol–water partition coefficient (Wildman–Crippen LogP) is 2.04. The summed E-state index contributed by atoms with van der Waals surface area (Å²) in [6, 6.07) is 7.58. The number of aryl methyl sites for hydroxylation is 1. The van der Waals surface area contributed by atoms with Crippen molar-refractivity contribution in [1.29, 1.82) is 0 Å². The minimum atomic E-state index is 0.00452. The molecule has 0 aliphatic rings. The lowest BCUT2D eigenvalue weighted by Gasteiger charge is -2.06. The Morgan fingerprint density at radius 1 is 1.43 bits per heavy atom. The number of benzene rings is 1.